The zero-order chi connectivity index (χ0) is 7.40. The third-order valence-electron chi connectivity index (χ3n) is 1.43. The van der Waals surface area contributed by atoms with Crippen LogP contribution in [-0.4, -0.2) is 10.2 Å². The average molecular weight is 135 g/mol. The number of aromatic nitrogens is 2. The molecule has 1 rings (SSSR count). The van der Waals surface area contributed by atoms with E-state index in [0.717, 1.165) is 17.7 Å². The predicted octanol–water partition coefficient (Wildman–Crippen LogP) is 1.04. The van der Waals surface area contributed by atoms with Crippen molar-refractivity contribution in [1.29, 1.82) is 5.26 Å². The van der Waals surface area contributed by atoms with Crippen LogP contribution in [0.2, 0.25) is 0 Å². The van der Waals surface area contributed by atoms with Gasteiger partial charge in [0, 0.05) is 11.3 Å². The highest BCUT2D eigenvalue weighted by Gasteiger charge is 1.99. The molecule has 1 aromatic rings. The number of nitriles is 1. The van der Waals surface area contributed by atoms with Crippen LogP contribution in [-0.2, 0) is 12.8 Å². The minimum atomic E-state index is 0.458. The molecule has 0 bridgehead atoms. The van der Waals surface area contributed by atoms with E-state index in [0.29, 0.717) is 6.42 Å². The number of H-pyrrole nitrogens is 1. The molecule has 0 aromatic carbocycles. The molecule has 0 atom stereocenters. The SMILES string of the molecule is CCc1[nH]ncc1CC#N. The van der Waals surface area contributed by atoms with Gasteiger partial charge in [-0.3, -0.25) is 5.10 Å². The lowest BCUT2D eigenvalue weighted by atomic mass is 10.2. The van der Waals surface area contributed by atoms with Crippen molar-refractivity contribution in [2.24, 2.45) is 0 Å². The Morgan fingerprint density at radius 1 is 1.80 bits per heavy atom. The van der Waals surface area contributed by atoms with Crippen molar-refractivity contribution in [3.05, 3.63) is 17.5 Å². The number of aryl methyl sites for hydroxylation is 1. The molecule has 0 saturated heterocycles. The molecule has 1 heterocycles. The molecule has 0 aliphatic carbocycles. The second kappa shape index (κ2) is 3.02. The van der Waals surface area contributed by atoms with Crippen LogP contribution in [0.4, 0.5) is 0 Å². The highest BCUT2D eigenvalue weighted by molar-refractivity contribution is 5.19. The standard InChI is InChI=1S/C7H9N3/c1-2-7-6(3-4-8)5-9-10-7/h5H,2-3H2,1H3,(H,9,10). The fraction of sp³-hybridized carbons (Fsp3) is 0.429. The minimum Gasteiger partial charge on any atom is -0.282 e. The van der Waals surface area contributed by atoms with E-state index in [9.17, 15) is 0 Å². The van der Waals surface area contributed by atoms with Gasteiger partial charge in [0.2, 0.25) is 0 Å². The fourth-order valence-electron chi connectivity index (χ4n) is 0.881. The third-order valence-corrected chi connectivity index (χ3v) is 1.43. The molecule has 0 unspecified atom stereocenters. The molecule has 0 amide bonds. The van der Waals surface area contributed by atoms with E-state index in [4.69, 9.17) is 5.26 Å². The number of hydrogen-bond acceptors (Lipinski definition) is 2. The van der Waals surface area contributed by atoms with Gasteiger partial charge in [0.15, 0.2) is 0 Å². The van der Waals surface area contributed by atoms with Gasteiger partial charge in [0.1, 0.15) is 0 Å². The van der Waals surface area contributed by atoms with Gasteiger partial charge in [-0.15, -0.1) is 0 Å². The monoisotopic (exact) mass is 135 g/mol. The highest BCUT2D eigenvalue weighted by Crippen LogP contribution is 2.04. The summed E-state index contributed by atoms with van der Waals surface area (Å²) in [5.74, 6) is 0. The van der Waals surface area contributed by atoms with Crippen molar-refractivity contribution < 1.29 is 0 Å². The van der Waals surface area contributed by atoms with Crippen molar-refractivity contribution >= 4 is 0 Å². The molecule has 0 spiro atoms. The molecule has 0 radical (unpaired) electrons. The van der Waals surface area contributed by atoms with Gasteiger partial charge in [-0.05, 0) is 6.42 Å². The first-order valence-corrected chi connectivity index (χ1v) is 3.26. The number of nitrogens with zero attached hydrogens (tertiary/aromatic N) is 2. The summed E-state index contributed by atoms with van der Waals surface area (Å²) in [7, 11) is 0. The molecule has 0 saturated carbocycles. The lowest BCUT2D eigenvalue weighted by molar-refractivity contribution is 0.964. The topological polar surface area (TPSA) is 52.5 Å². The second-order valence-corrected chi connectivity index (χ2v) is 2.06. The molecule has 0 fully saturated rings. The van der Waals surface area contributed by atoms with Crippen LogP contribution in [0.5, 0.6) is 0 Å². The van der Waals surface area contributed by atoms with Gasteiger partial charge in [-0.1, -0.05) is 6.92 Å². The lowest BCUT2D eigenvalue weighted by Gasteiger charge is -1.90. The Bertz CT molecular complexity index is 244. The molecular weight excluding hydrogens is 126 g/mol. The summed E-state index contributed by atoms with van der Waals surface area (Å²) in [5.41, 5.74) is 2.09. The van der Waals surface area contributed by atoms with Crippen LogP contribution in [0, 0.1) is 11.3 Å². The van der Waals surface area contributed by atoms with Gasteiger partial charge in [0.05, 0.1) is 18.7 Å². The first-order chi connectivity index (χ1) is 4.88. The number of aromatic amines is 1. The van der Waals surface area contributed by atoms with E-state index < -0.39 is 0 Å². The van der Waals surface area contributed by atoms with Crippen LogP contribution in [0.3, 0.4) is 0 Å². The summed E-state index contributed by atoms with van der Waals surface area (Å²) >= 11 is 0. The Balaban J connectivity index is 2.82. The minimum absolute atomic E-state index is 0.458. The smallest absolute Gasteiger partial charge is 0.0671 e. The van der Waals surface area contributed by atoms with Crippen LogP contribution in [0.1, 0.15) is 18.2 Å². The Labute approximate surface area is 59.7 Å². The van der Waals surface area contributed by atoms with Gasteiger partial charge >= 0.3 is 0 Å². The molecule has 3 nitrogen and oxygen atoms in total. The zero-order valence-corrected chi connectivity index (χ0v) is 5.89. The molecule has 3 heteroatoms. The largest absolute Gasteiger partial charge is 0.282 e. The maximum Gasteiger partial charge on any atom is 0.0671 e. The molecule has 0 aliphatic heterocycles. The van der Waals surface area contributed by atoms with Crippen molar-refractivity contribution in [3.8, 4) is 6.07 Å². The quantitative estimate of drug-likeness (QED) is 0.658. The summed E-state index contributed by atoms with van der Waals surface area (Å²) in [6.07, 6.45) is 3.08. The summed E-state index contributed by atoms with van der Waals surface area (Å²) in [6, 6.07) is 2.08. The van der Waals surface area contributed by atoms with Crippen LogP contribution in [0.25, 0.3) is 0 Å². The zero-order valence-electron chi connectivity index (χ0n) is 5.89. The summed E-state index contributed by atoms with van der Waals surface area (Å²) in [4.78, 5) is 0. The average Bonchev–Trinajstić information content (AvgIpc) is 2.36. The van der Waals surface area contributed by atoms with Crippen molar-refractivity contribution in [3.63, 3.8) is 0 Å². The van der Waals surface area contributed by atoms with E-state index in [1.165, 1.54) is 0 Å². The van der Waals surface area contributed by atoms with E-state index in [2.05, 4.69) is 16.3 Å². The van der Waals surface area contributed by atoms with E-state index >= 15 is 0 Å². The normalized spacial score (nSPS) is 9.20. The maximum absolute atomic E-state index is 8.37. The van der Waals surface area contributed by atoms with Crippen molar-refractivity contribution in [2.45, 2.75) is 19.8 Å². The molecule has 0 aliphatic rings. The van der Waals surface area contributed by atoms with E-state index in [-0.39, 0.29) is 0 Å². The van der Waals surface area contributed by atoms with Crippen molar-refractivity contribution in [2.75, 3.05) is 0 Å². The Kier molecular flexibility index (Phi) is 2.06. The first kappa shape index (κ1) is 6.81. The van der Waals surface area contributed by atoms with Crippen LogP contribution in [0.15, 0.2) is 6.20 Å². The third kappa shape index (κ3) is 1.16. The Morgan fingerprint density at radius 2 is 2.60 bits per heavy atom. The molecular formula is C7H9N3. The van der Waals surface area contributed by atoms with Gasteiger partial charge in [-0.2, -0.15) is 10.4 Å². The maximum atomic E-state index is 8.37. The van der Waals surface area contributed by atoms with E-state index in [1.807, 2.05) is 6.92 Å². The van der Waals surface area contributed by atoms with Gasteiger partial charge in [-0.25, -0.2) is 0 Å². The molecule has 52 valence electrons. The number of nitrogens with one attached hydrogen (secondary N) is 1. The Hall–Kier alpha value is -1.30. The van der Waals surface area contributed by atoms with Gasteiger partial charge < -0.3 is 0 Å². The first-order valence-electron chi connectivity index (χ1n) is 3.26. The summed E-state index contributed by atoms with van der Waals surface area (Å²) in [6.45, 7) is 2.04. The van der Waals surface area contributed by atoms with Crippen LogP contribution < -0.4 is 0 Å². The fourth-order valence-corrected chi connectivity index (χ4v) is 0.881. The number of hydrogen-bond donors (Lipinski definition) is 1. The molecule has 10 heavy (non-hydrogen) atoms. The number of rotatable bonds is 2. The summed E-state index contributed by atoms with van der Waals surface area (Å²) in [5, 5.41) is 15.0. The van der Waals surface area contributed by atoms with E-state index in [1.54, 1.807) is 6.20 Å². The molecule has 1 aromatic heterocycles. The predicted molar refractivity (Wildman–Crippen MR) is 37.3 cm³/mol. The van der Waals surface area contributed by atoms with Gasteiger partial charge in [0.25, 0.3) is 0 Å². The van der Waals surface area contributed by atoms with Crippen molar-refractivity contribution in [1.82, 2.24) is 10.2 Å². The highest BCUT2D eigenvalue weighted by atomic mass is 15.1. The molecule has 1 N–H and O–H groups in total. The summed E-state index contributed by atoms with van der Waals surface area (Å²) < 4.78 is 0. The van der Waals surface area contributed by atoms with Crippen LogP contribution >= 0.6 is 0 Å². The second-order valence-electron chi connectivity index (χ2n) is 2.06. The Morgan fingerprint density at radius 3 is 3.20 bits per heavy atom. The lowest BCUT2D eigenvalue weighted by Crippen LogP contribution is -1.86.